The van der Waals surface area contributed by atoms with Crippen LogP contribution in [0.2, 0.25) is 0 Å². The van der Waals surface area contributed by atoms with Gasteiger partial charge in [-0.25, -0.2) is 0 Å². The van der Waals surface area contributed by atoms with Gasteiger partial charge in [0.15, 0.2) is 6.61 Å². The first kappa shape index (κ1) is 19.3. The van der Waals surface area contributed by atoms with Gasteiger partial charge in [-0.2, -0.15) is 0 Å². The molecule has 0 bridgehead atoms. The first-order valence-corrected chi connectivity index (χ1v) is 8.30. The Morgan fingerprint density at radius 3 is 2.08 bits per heavy atom. The number of amides is 2. The normalized spacial score (nSPS) is 10.2. The van der Waals surface area contributed by atoms with Crippen molar-refractivity contribution in [1.29, 1.82) is 0 Å². The van der Waals surface area contributed by atoms with Crippen molar-refractivity contribution in [2.24, 2.45) is 0 Å². The van der Waals surface area contributed by atoms with Crippen LogP contribution in [0, 0.1) is 20.8 Å². The van der Waals surface area contributed by atoms with Crippen molar-refractivity contribution in [3.05, 3.63) is 53.1 Å². The average molecular weight is 356 g/mol. The average Bonchev–Trinajstić information content (AvgIpc) is 2.61. The molecule has 2 rings (SSSR count). The van der Waals surface area contributed by atoms with Crippen LogP contribution in [-0.4, -0.2) is 32.1 Å². The minimum absolute atomic E-state index is 0.114. The maximum atomic E-state index is 12.1. The lowest BCUT2D eigenvalue weighted by atomic mass is 10.1. The smallest absolute Gasteiger partial charge is 0.258 e. The monoisotopic (exact) mass is 356 g/mol. The van der Waals surface area contributed by atoms with E-state index in [0.717, 1.165) is 22.4 Å². The highest BCUT2D eigenvalue weighted by Crippen LogP contribution is 2.21. The molecular weight excluding hydrogens is 332 g/mol. The molecule has 0 aliphatic carbocycles. The fraction of sp³-hybridized carbons (Fsp3) is 0.300. The van der Waals surface area contributed by atoms with Crippen LogP contribution in [-0.2, 0) is 9.59 Å². The highest BCUT2D eigenvalue weighted by atomic mass is 16.5. The Morgan fingerprint density at radius 1 is 0.923 bits per heavy atom. The van der Waals surface area contributed by atoms with E-state index in [1.807, 2.05) is 32.9 Å². The summed E-state index contributed by atoms with van der Waals surface area (Å²) >= 11 is 0. The molecular formula is C20H24N2O4. The van der Waals surface area contributed by atoms with Gasteiger partial charge in [-0.1, -0.05) is 17.7 Å². The Labute approximate surface area is 153 Å². The summed E-state index contributed by atoms with van der Waals surface area (Å²) in [7, 11) is 1.58. The molecule has 0 saturated heterocycles. The fourth-order valence-electron chi connectivity index (χ4n) is 2.61. The number of methoxy groups -OCH3 is 1. The Hall–Kier alpha value is -3.02. The second-order valence-electron chi connectivity index (χ2n) is 6.06. The van der Waals surface area contributed by atoms with Gasteiger partial charge < -0.3 is 20.1 Å². The lowest BCUT2D eigenvalue weighted by molar-refractivity contribution is -0.125. The van der Waals surface area contributed by atoms with E-state index in [4.69, 9.17) is 9.47 Å². The highest BCUT2D eigenvalue weighted by Gasteiger charge is 2.10. The van der Waals surface area contributed by atoms with E-state index >= 15 is 0 Å². The molecule has 138 valence electrons. The van der Waals surface area contributed by atoms with Gasteiger partial charge in [0.2, 0.25) is 5.91 Å². The first-order chi connectivity index (χ1) is 12.4. The second kappa shape index (κ2) is 8.89. The molecule has 2 amide bonds. The van der Waals surface area contributed by atoms with Crippen molar-refractivity contribution in [1.82, 2.24) is 5.32 Å². The molecule has 6 heteroatoms. The third kappa shape index (κ3) is 5.51. The first-order valence-electron chi connectivity index (χ1n) is 8.30. The third-order valence-electron chi connectivity index (χ3n) is 3.82. The molecule has 0 aliphatic heterocycles. The summed E-state index contributed by atoms with van der Waals surface area (Å²) in [4.78, 5) is 23.9. The zero-order valence-corrected chi connectivity index (χ0v) is 15.5. The van der Waals surface area contributed by atoms with Crippen molar-refractivity contribution in [2.45, 2.75) is 20.8 Å². The molecule has 0 spiro atoms. The minimum Gasteiger partial charge on any atom is -0.497 e. The van der Waals surface area contributed by atoms with Crippen LogP contribution in [0.25, 0.3) is 0 Å². The van der Waals surface area contributed by atoms with Crippen LogP contribution in [0.4, 0.5) is 5.69 Å². The summed E-state index contributed by atoms with van der Waals surface area (Å²) in [5.74, 6) is 0.614. The van der Waals surface area contributed by atoms with Crippen LogP contribution in [0.3, 0.4) is 0 Å². The molecule has 0 aromatic heterocycles. The topological polar surface area (TPSA) is 76.7 Å². The van der Waals surface area contributed by atoms with Gasteiger partial charge in [0.25, 0.3) is 5.91 Å². The maximum absolute atomic E-state index is 12.1. The number of rotatable bonds is 7. The zero-order chi connectivity index (χ0) is 19.1. The van der Waals surface area contributed by atoms with Crippen LogP contribution >= 0.6 is 0 Å². The molecule has 0 atom stereocenters. The standard InChI is InChI=1S/C20H24N2O4/c1-13-9-14(2)20(15(3)10-13)22-18(23)11-21-19(24)12-26-17-7-5-16(25-4)6-8-17/h5-10H,11-12H2,1-4H3,(H,21,24)(H,22,23). The van der Waals surface area contributed by atoms with Gasteiger partial charge in [0.1, 0.15) is 11.5 Å². The molecule has 0 aliphatic rings. The molecule has 0 radical (unpaired) electrons. The number of hydrogen-bond acceptors (Lipinski definition) is 4. The van der Waals surface area contributed by atoms with E-state index < -0.39 is 0 Å². The zero-order valence-electron chi connectivity index (χ0n) is 15.5. The van der Waals surface area contributed by atoms with Crippen LogP contribution < -0.4 is 20.1 Å². The van der Waals surface area contributed by atoms with E-state index in [-0.39, 0.29) is 25.0 Å². The summed E-state index contributed by atoms with van der Waals surface area (Å²) in [5.41, 5.74) is 3.90. The number of hydrogen-bond donors (Lipinski definition) is 2. The van der Waals surface area contributed by atoms with E-state index in [1.54, 1.807) is 31.4 Å². The third-order valence-corrected chi connectivity index (χ3v) is 3.82. The minimum atomic E-state index is -0.367. The molecule has 2 aromatic rings. The van der Waals surface area contributed by atoms with E-state index in [2.05, 4.69) is 10.6 Å². The Kier molecular flexibility index (Phi) is 6.60. The summed E-state index contributed by atoms with van der Waals surface area (Å²) in [6.07, 6.45) is 0. The number of benzene rings is 2. The van der Waals surface area contributed by atoms with Gasteiger partial charge >= 0.3 is 0 Å². The molecule has 2 aromatic carbocycles. The lowest BCUT2D eigenvalue weighted by Crippen LogP contribution is -2.36. The van der Waals surface area contributed by atoms with Gasteiger partial charge in [0.05, 0.1) is 13.7 Å². The van der Waals surface area contributed by atoms with Gasteiger partial charge in [0, 0.05) is 5.69 Å². The summed E-state index contributed by atoms with van der Waals surface area (Å²) in [6, 6.07) is 10.9. The predicted molar refractivity (Wildman–Crippen MR) is 101 cm³/mol. The predicted octanol–water partition coefficient (Wildman–Crippen LogP) is 2.75. The summed E-state index contributed by atoms with van der Waals surface area (Å²) in [6.45, 7) is 5.61. The van der Waals surface area contributed by atoms with Crippen molar-refractivity contribution in [2.75, 3.05) is 25.6 Å². The van der Waals surface area contributed by atoms with E-state index in [9.17, 15) is 9.59 Å². The highest BCUT2D eigenvalue weighted by molar-refractivity contribution is 5.95. The molecule has 6 nitrogen and oxygen atoms in total. The van der Waals surface area contributed by atoms with Crippen LogP contribution in [0.5, 0.6) is 11.5 Å². The quantitative estimate of drug-likeness (QED) is 0.800. The maximum Gasteiger partial charge on any atom is 0.258 e. The van der Waals surface area contributed by atoms with Crippen LogP contribution in [0.1, 0.15) is 16.7 Å². The summed E-state index contributed by atoms with van der Waals surface area (Å²) in [5, 5.41) is 5.38. The van der Waals surface area contributed by atoms with Crippen molar-refractivity contribution in [3.8, 4) is 11.5 Å². The molecule has 0 unspecified atom stereocenters. The number of anilines is 1. The molecule has 2 N–H and O–H groups in total. The number of nitrogens with one attached hydrogen (secondary N) is 2. The molecule has 0 heterocycles. The van der Waals surface area contributed by atoms with E-state index in [1.165, 1.54) is 0 Å². The Balaban J connectivity index is 1.78. The SMILES string of the molecule is COc1ccc(OCC(=O)NCC(=O)Nc2c(C)cc(C)cc2C)cc1. The molecule has 0 saturated carbocycles. The Bertz CT molecular complexity index is 762. The van der Waals surface area contributed by atoms with Gasteiger partial charge in [-0.15, -0.1) is 0 Å². The lowest BCUT2D eigenvalue weighted by Gasteiger charge is -2.13. The Morgan fingerprint density at radius 2 is 1.50 bits per heavy atom. The largest absolute Gasteiger partial charge is 0.497 e. The van der Waals surface area contributed by atoms with Crippen molar-refractivity contribution < 1.29 is 19.1 Å². The molecule has 0 fully saturated rings. The number of aryl methyl sites for hydroxylation is 3. The summed E-state index contributed by atoms with van der Waals surface area (Å²) < 4.78 is 10.4. The van der Waals surface area contributed by atoms with Crippen molar-refractivity contribution in [3.63, 3.8) is 0 Å². The van der Waals surface area contributed by atoms with Gasteiger partial charge in [-0.3, -0.25) is 9.59 Å². The van der Waals surface area contributed by atoms with Crippen LogP contribution in [0.15, 0.2) is 36.4 Å². The second-order valence-corrected chi connectivity index (χ2v) is 6.06. The van der Waals surface area contributed by atoms with Gasteiger partial charge in [-0.05, 0) is 56.2 Å². The fourth-order valence-corrected chi connectivity index (χ4v) is 2.61. The van der Waals surface area contributed by atoms with Crippen molar-refractivity contribution >= 4 is 17.5 Å². The molecule has 26 heavy (non-hydrogen) atoms. The number of carbonyl (C=O) groups excluding carboxylic acids is 2. The number of ether oxygens (including phenoxy) is 2. The van der Waals surface area contributed by atoms with E-state index in [0.29, 0.717) is 11.5 Å². The number of carbonyl (C=O) groups is 2.